The van der Waals surface area contributed by atoms with Crippen molar-refractivity contribution in [2.45, 2.75) is 121 Å². The second-order valence-corrected chi connectivity index (χ2v) is 10.0. The predicted molar refractivity (Wildman–Crippen MR) is 112 cm³/mol. The number of rotatable bonds is 19. The average molecular weight is 353 g/mol. The molecule has 0 aromatic rings. The number of hydrogen-bond donors (Lipinski definition) is 0. The SMILES string of the molecule is CCCCCC/C=C/CC[O][Al]([CH2]CCCCC)[CH2]CCCCC. The maximum atomic E-state index is 6.34. The Labute approximate surface area is 158 Å². The summed E-state index contributed by atoms with van der Waals surface area (Å²) in [4.78, 5) is 0. The minimum absolute atomic E-state index is 0.927. The van der Waals surface area contributed by atoms with Crippen LogP contribution in [0, 0.1) is 0 Å². The van der Waals surface area contributed by atoms with Gasteiger partial charge >= 0.3 is 14.5 Å². The van der Waals surface area contributed by atoms with E-state index >= 15 is 0 Å². The highest BCUT2D eigenvalue weighted by molar-refractivity contribution is 6.51. The van der Waals surface area contributed by atoms with Crippen LogP contribution in [0.2, 0.25) is 10.6 Å². The summed E-state index contributed by atoms with van der Waals surface area (Å²) in [5.41, 5.74) is 0. The second-order valence-electron chi connectivity index (χ2n) is 7.30. The van der Waals surface area contributed by atoms with Gasteiger partial charge in [-0.2, -0.15) is 0 Å². The van der Waals surface area contributed by atoms with E-state index in [2.05, 4.69) is 32.9 Å². The summed E-state index contributed by atoms with van der Waals surface area (Å²) in [6.07, 6.45) is 23.7. The molecule has 0 radical (unpaired) electrons. The van der Waals surface area contributed by atoms with Crippen LogP contribution in [0.1, 0.15) is 111 Å². The molecule has 0 rings (SSSR count). The fourth-order valence-electron chi connectivity index (χ4n) is 3.14. The van der Waals surface area contributed by atoms with Gasteiger partial charge in [0.25, 0.3) is 0 Å². The lowest BCUT2D eigenvalue weighted by Crippen LogP contribution is -2.18. The molecular weight excluding hydrogens is 307 g/mol. The molecule has 0 fully saturated rings. The zero-order valence-electron chi connectivity index (χ0n) is 17.2. The molecule has 0 heterocycles. The molecule has 0 saturated carbocycles. The lowest BCUT2D eigenvalue weighted by molar-refractivity contribution is 0.322. The molecule has 0 amide bonds. The maximum Gasteiger partial charge on any atom is 0.460 e. The van der Waals surface area contributed by atoms with Gasteiger partial charge in [-0.1, -0.05) is 114 Å². The van der Waals surface area contributed by atoms with Gasteiger partial charge < -0.3 is 3.79 Å². The smallest absolute Gasteiger partial charge is 0.460 e. The Morgan fingerprint density at radius 1 is 0.583 bits per heavy atom. The third-order valence-electron chi connectivity index (χ3n) is 4.79. The lowest BCUT2D eigenvalue weighted by atomic mass is 10.1. The van der Waals surface area contributed by atoms with Crippen molar-refractivity contribution in [3.05, 3.63) is 12.2 Å². The zero-order valence-corrected chi connectivity index (χ0v) is 18.3. The van der Waals surface area contributed by atoms with Crippen LogP contribution < -0.4 is 0 Å². The molecule has 0 aromatic carbocycles. The minimum atomic E-state index is -0.927. The summed E-state index contributed by atoms with van der Waals surface area (Å²) in [5, 5.41) is 2.82. The van der Waals surface area contributed by atoms with Crippen molar-refractivity contribution in [3.8, 4) is 0 Å². The molecule has 0 aliphatic rings. The zero-order chi connectivity index (χ0) is 17.7. The van der Waals surface area contributed by atoms with Crippen LogP contribution in [0.5, 0.6) is 0 Å². The van der Waals surface area contributed by atoms with Gasteiger partial charge in [-0.25, -0.2) is 0 Å². The molecule has 142 valence electrons. The van der Waals surface area contributed by atoms with Crippen LogP contribution in [-0.4, -0.2) is 21.1 Å². The van der Waals surface area contributed by atoms with Crippen molar-refractivity contribution in [3.63, 3.8) is 0 Å². The summed E-state index contributed by atoms with van der Waals surface area (Å²) < 4.78 is 6.34. The first-order chi connectivity index (χ1) is 11.8. The van der Waals surface area contributed by atoms with Gasteiger partial charge in [-0.3, -0.25) is 0 Å². The Balaban J connectivity index is 3.74. The number of unbranched alkanes of at least 4 members (excludes halogenated alkanes) is 10. The van der Waals surface area contributed by atoms with Crippen molar-refractivity contribution in [1.29, 1.82) is 0 Å². The Kier molecular flexibility index (Phi) is 21.5. The van der Waals surface area contributed by atoms with Crippen LogP contribution in [0.4, 0.5) is 0 Å². The van der Waals surface area contributed by atoms with Crippen molar-refractivity contribution in [2.75, 3.05) is 6.61 Å². The first kappa shape index (κ1) is 24.2. The summed E-state index contributed by atoms with van der Waals surface area (Å²) in [6, 6.07) is 0. The Morgan fingerprint density at radius 3 is 1.62 bits per heavy atom. The summed E-state index contributed by atoms with van der Waals surface area (Å²) in [6.45, 7) is 7.84. The van der Waals surface area contributed by atoms with E-state index in [0.29, 0.717) is 0 Å². The fourth-order valence-corrected chi connectivity index (χ4v) is 5.72. The quantitative estimate of drug-likeness (QED) is 0.130. The maximum absolute atomic E-state index is 6.34. The molecule has 0 aromatic heterocycles. The van der Waals surface area contributed by atoms with Gasteiger partial charge in [0.1, 0.15) is 0 Å². The van der Waals surface area contributed by atoms with Crippen LogP contribution in [0.3, 0.4) is 0 Å². The van der Waals surface area contributed by atoms with E-state index in [0.717, 1.165) is 13.0 Å². The molecular formula is C22H45AlO. The molecule has 2 heteroatoms. The van der Waals surface area contributed by atoms with Crippen molar-refractivity contribution in [1.82, 2.24) is 0 Å². The molecule has 0 atom stereocenters. The first-order valence-corrected chi connectivity index (χ1v) is 13.2. The molecule has 0 unspecified atom stereocenters. The summed E-state index contributed by atoms with van der Waals surface area (Å²) in [7, 11) is 0. The fraction of sp³-hybridized carbons (Fsp3) is 0.909. The molecule has 0 saturated heterocycles. The van der Waals surface area contributed by atoms with Gasteiger partial charge in [0.05, 0.1) is 0 Å². The van der Waals surface area contributed by atoms with Gasteiger partial charge in [0, 0.05) is 6.61 Å². The van der Waals surface area contributed by atoms with Gasteiger partial charge in [0.2, 0.25) is 0 Å². The van der Waals surface area contributed by atoms with Crippen LogP contribution in [0.15, 0.2) is 12.2 Å². The van der Waals surface area contributed by atoms with E-state index < -0.39 is 14.5 Å². The highest BCUT2D eigenvalue weighted by Crippen LogP contribution is 2.15. The first-order valence-electron chi connectivity index (χ1n) is 11.1. The number of hydrogen-bond acceptors (Lipinski definition) is 1. The second kappa shape index (κ2) is 21.3. The van der Waals surface area contributed by atoms with Gasteiger partial charge in [-0.15, -0.1) is 0 Å². The highest BCUT2D eigenvalue weighted by atomic mass is 27.2. The van der Waals surface area contributed by atoms with Gasteiger partial charge in [-0.05, 0) is 19.3 Å². The Bertz CT molecular complexity index is 240. The summed E-state index contributed by atoms with van der Waals surface area (Å²) in [5.74, 6) is 0. The predicted octanol–water partition coefficient (Wildman–Crippen LogP) is 8.07. The Hall–Kier alpha value is 0.232. The highest BCUT2D eigenvalue weighted by Gasteiger charge is 2.18. The molecule has 0 N–H and O–H groups in total. The van der Waals surface area contributed by atoms with Crippen molar-refractivity contribution in [2.24, 2.45) is 0 Å². The standard InChI is InChI=1S/C10H19O.2C6H13.Al/c1-2-3-4-5-6-7-8-9-10-11;2*1-3-5-6-4-2;/h7-8H,2-6,9-10H2,1H3;2*1,3-6H2,2H3;/q-1;;;+1/b8-7+;;;. The van der Waals surface area contributed by atoms with E-state index in [1.807, 2.05) is 0 Å². The third-order valence-corrected chi connectivity index (χ3v) is 7.60. The molecule has 0 bridgehead atoms. The Morgan fingerprint density at radius 2 is 1.08 bits per heavy atom. The monoisotopic (exact) mass is 352 g/mol. The van der Waals surface area contributed by atoms with E-state index in [9.17, 15) is 0 Å². The van der Waals surface area contributed by atoms with Crippen LogP contribution in [-0.2, 0) is 3.79 Å². The van der Waals surface area contributed by atoms with E-state index in [4.69, 9.17) is 3.79 Å². The molecule has 0 spiro atoms. The van der Waals surface area contributed by atoms with E-state index in [1.54, 1.807) is 0 Å². The third kappa shape index (κ3) is 18.6. The molecule has 1 nitrogen and oxygen atoms in total. The number of allylic oxidation sites excluding steroid dienone is 1. The van der Waals surface area contributed by atoms with Crippen LogP contribution in [0.25, 0.3) is 0 Å². The van der Waals surface area contributed by atoms with E-state index in [1.165, 1.54) is 94.0 Å². The average Bonchev–Trinajstić information content (AvgIpc) is 2.60. The van der Waals surface area contributed by atoms with Gasteiger partial charge in [0.15, 0.2) is 0 Å². The normalized spacial score (nSPS) is 11.5. The molecule has 0 aliphatic carbocycles. The van der Waals surface area contributed by atoms with Crippen molar-refractivity contribution < 1.29 is 3.79 Å². The largest absolute Gasteiger partial charge is 0.500 e. The van der Waals surface area contributed by atoms with E-state index in [-0.39, 0.29) is 0 Å². The van der Waals surface area contributed by atoms with Crippen LogP contribution >= 0.6 is 0 Å². The molecule has 24 heavy (non-hydrogen) atoms. The molecule has 0 aliphatic heterocycles. The minimum Gasteiger partial charge on any atom is -0.500 e. The van der Waals surface area contributed by atoms with Crippen molar-refractivity contribution >= 4 is 14.5 Å². The summed E-state index contributed by atoms with van der Waals surface area (Å²) >= 11 is -0.927. The lowest BCUT2D eigenvalue weighted by Gasteiger charge is -2.12. The topological polar surface area (TPSA) is 9.23 Å².